The van der Waals surface area contributed by atoms with E-state index in [2.05, 4.69) is 4.90 Å². The lowest BCUT2D eigenvalue weighted by molar-refractivity contribution is -0.131. The van der Waals surface area contributed by atoms with Crippen molar-refractivity contribution >= 4 is 5.91 Å². The van der Waals surface area contributed by atoms with Crippen molar-refractivity contribution in [3.05, 3.63) is 35.4 Å². The molecular weight excluding hydrogens is 290 g/mol. The maximum absolute atomic E-state index is 12.6. The predicted molar refractivity (Wildman–Crippen MR) is 90.1 cm³/mol. The van der Waals surface area contributed by atoms with Gasteiger partial charge >= 0.3 is 0 Å². The second-order valence-electron chi connectivity index (χ2n) is 6.74. The molecule has 0 bridgehead atoms. The summed E-state index contributed by atoms with van der Waals surface area (Å²) >= 11 is 0. The number of nitrogens with two attached hydrogens (primary N) is 1. The molecule has 1 aromatic rings. The van der Waals surface area contributed by atoms with Crippen LogP contribution in [0.3, 0.4) is 0 Å². The van der Waals surface area contributed by atoms with Gasteiger partial charge < -0.3 is 15.4 Å². The fourth-order valence-corrected chi connectivity index (χ4v) is 3.44. The summed E-state index contributed by atoms with van der Waals surface area (Å²) in [6.07, 6.45) is 1.07. The molecule has 1 amide bonds. The number of carbonyl (C=O) groups is 1. The minimum Gasteiger partial charge on any atom is -0.379 e. The van der Waals surface area contributed by atoms with Crippen LogP contribution in [0.15, 0.2) is 24.3 Å². The van der Waals surface area contributed by atoms with Crippen LogP contribution in [0, 0.1) is 12.8 Å². The first-order valence-corrected chi connectivity index (χ1v) is 8.54. The lowest BCUT2D eigenvalue weighted by atomic mass is 10.0. The standard InChI is InChI=1S/C18H27N3O2/c1-14-2-4-16(5-3-14)17(19)18(22)21-7-6-15(13-21)12-20-8-10-23-11-9-20/h2-5,15,17H,6-13,19H2,1H3. The Balaban J connectivity index is 1.53. The number of aryl methyl sites for hydroxylation is 1. The summed E-state index contributed by atoms with van der Waals surface area (Å²) in [4.78, 5) is 17.0. The van der Waals surface area contributed by atoms with Crippen LogP contribution < -0.4 is 5.73 Å². The normalized spacial score (nSPS) is 23.9. The number of hydrogen-bond acceptors (Lipinski definition) is 4. The van der Waals surface area contributed by atoms with E-state index in [0.29, 0.717) is 5.92 Å². The Labute approximate surface area is 138 Å². The molecule has 2 heterocycles. The van der Waals surface area contributed by atoms with E-state index >= 15 is 0 Å². The Hall–Kier alpha value is -1.43. The molecule has 2 fully saturated rings. The molecule has 0 spiro atoms. The van der Waals surface area contributed by atoms with Crippen molar-refractivity contribution in [3.8, 4) is 0 Å². The molecule has 2 atom stereocenters. The van der Waals surface area contributed by atoms with Crippen LogP contribution >= 0.6 is 0 Å². The minimum atomic E-state index is -0.544. The van der Waals surface area contributed by atoms with Gasteiger partial charge in [-0.3, -0.25) is 9.69 Å². The van der Waals surface area contributed by atoms with Gasteiger partial charge in [0.15, 0.2) is 0 Å². The van der Waals surface area contributed by atoms with Crippen LogP contribution in [-0.4, -0.2) is 61.6 Å². The third kappa shape index (κ3) is 4.10. The van der Waals surface area contributed by atoms with Gasteiger partial charge in [0.1, 0.15) is 6.04 Å². The molecule has 1 aromatic carbocycles. The highest BCUT2D eigenvalue weighted by atomic mass is 16.5. The van der Waals surface area contributed by atoms with E-state index in [9.17, 15) is 4.79 Å². The third-order valence-corrected chi connectivity index (χ3v) is 4.92. The average Bonchev–Trinajstić information content (AvgIpc) is 3.03. The summed E-state index contributed by atoms with van der Waals surface area (Å²) < 4.78 is 5.39. The summed E-state index contributed by atoms with van der Waals surface area (Å²) in [5.41, 5.74) is 8.26. The molecule has 126 valence electrons. The summed E-state index contributed by atoms with van der Waals surface area (Å²) in [7, 11) is 0. The molecule has 2 N–H and O–H groups in total. The van der Waals surface area contributed by atoms with Gasteiger partial charge in [0.25, 0.3) is 0 Å². The van der Waals surface area contributed by atoms with Gasteiger partial charge in [0, 0.05) is 32.7 Å². The maximum Gasteiger partial charge on any atom is 0.244 e. The zero-order chi connectivity index (χ0) is 16.2. The maximum atomic E-state index is 12.6. The molecule has 0 aromatic heterocycles. The number of morpholine rings is 1. The fourth-order valence-electron chi connectivity index (χ4n) is 3.44. The molecule has 2 aliphatic heterocycles. The number of benzene rings is 1. The van der Waals surface area contributed by atoms with E-state index < -0.39 is 6.04 Å². The third-order valence-electron chi connectivity index (χ3n) is 4.92. The lowest BCUT2D eigenvalue weighted by Gasteiger charge is -2.29. The first kappa shape index (κ1) is 16.4. The van der Waals surface area contributed by atoms with Crippen LogP contribution in [0.1, 0.15) is 23.6 Å². The highest BCUT2D eigenvalue weighted by Gasteiger charge is 2.31. The molecule has 2 aliphatic rings. The van der Waals surface area contributed by atoms with Crippen LogP contribution in [0.2, 0.25) is 0 Å². The number of nitrogens with zero attached hydrogens (tertiary/aromatic N) is 2. The number of carbonyl (C=O) groups excluding carboxylic acids is 1. The van der Waals surface area contributed by atoms with E-state index in [-0.39, 0.29) is 5.91 Å². The highest BCUT2D eigenvalue weighted by Crippen LogP contribution is 2.22. The SMILES string of the molecule is Cc1ccc(C(N)C(=O)N2CCC(CN3CCOCC3)C2)cc1. The van der Waals surface area contributed by atoms with Gasteiger partial charge in [-0.15, -0.1) is 0 Å². The number of hydrogen-bond donors (Lipinski definition) is 1. The van der Waals surface area contributed by atoms with Crippen molar-refractivity contribution in [1.82, 2.24) is 9.80 Å². The fraction of sp³-hybridized carbons (Fsp3) is 0.611. The number of ether oxygens (including phenoxy) is 1. The van der Waals surface area contributed by atoms with E-state index in [1.165, 1.54) is 5.56 Å². The van der Waals surface area contributed by atoms with Crippen LogP contribution in [0.25, 0.3) is 0 Å². The largest absolute Gasteiger partial charge is 0.379 e. The number of rotatable bonds is 4. The molecular formula is C18H27N3O2. The van der Waals surface area contributed by atoms with Crippen LogP contribution in [0.4, 0.5) is 0 Å². The van der Waals surface area contributed by atoms with Gasteiger partial charge in [0.2, 0.25) is 5.91 Å². The smallest absolute Gasteiger partial charge is 0.244 e. The molecule has 5 nitrogen and oxygen atoms in total. The van der Waals surface area contributed by atoms with E-state index in [4.69, 9.17) is 10.5 Å². The first-order chi connectivity index (χ1) is 11.1. The molecule has 2 saturated heterocycles. The van der Waals surface area contributed by atoms with Gasteiger partial charge in [-0.05, 0) is 24.8 Å². The first-order valence-electron chi connectivity index (χ1n) is 8.54. The highest BCUT2D eigenvalue weighted by molar-refractivity contribution is 5.83. The molecule has 2 unspecified atom stereocenters. The number of likely N-dealkylation sites (tertiary alicyclic amines) is 1. The zero-order valence-electron chi connectivity index (χ0n) is 13.9. The summed E-state index contributed by atoms with van der Waals surface area (Å²) in [6, 6.07) is 7.39. The van der Waals surface area contributed by atoms with Crippen molar-refractivity contribution < 1.29 is 9.53 Å². The van der Waals surface area contributed by atoms with E-state index in [1.54, 1.807) is 0 Å². The summed E-state index contributed by atoms with van der Waals surface area (Å²) in [5.74, 6) is 0.612. The van der Waals surface area contributed by atoms with Crippen LogP contribution in [0.5, 0.6) is 0 Å². The Bertz CT molecular complexity index is 526. The lowest BCUT2D eigenvalue weighted by Crippen LogP contribution is -2.41. The topological polar surface area (TPSA) is 58.8 Å². The molecule has 23 heavy (non-hydrogen) atoms. The monoisotopic (exact) mass is 317 g/mol. The number of amides is 1. The molecule has 0 aliphatic carbocycles. The van der Waals surface area contributed by atoms with Crippen molar-refractivity contribution in [2.45, 2.75) is 19.4 Å². The minimum absolute atomic E-state index is 0.0540. The van der Waals surface area contributed by atoms with Crippen molar-refractivity contribution in [2.75, 3.05) is 45.9 Å². The van der Waals surface area contributed by atoms with Crippen molar-refractivity contribution in [3.63, 3.8) is 0 Å². The second kappa shape index (κ2) is 7.43. The van der Waals surface area contributed by atoms with E-state index in [1.807, 2.05) is 36.1 Å². The molecule has 5 heteroatoms. The quantitative estimate of drug-likeness (QED) is 0.906. The molecule has 3 rings (SSSR count). The average molecular weight is 317 g/mol. The van der Waals surface area contributed by atoms with Gasteiger partial charge in [-0.2, -0.15) is 0 Å². The molecule has 0 radical (unpaired) electrons. The van der Waals surface area contributed by atoms with Gasteiger partial charge in [-0.25, -0.2) is 0 Å². The zero-order valence-corrected chi connectivity index (χ0v) is 13.9. The summed E-state index contributed by atoms with van der Waals surface area (Å²) in [5, 5.41) is 0. The van der Waals surface area contributed by atoms with Crippen molar-refractivity contribution in [2.24, 2.45) is 11.7 Å². The van der Waals surface area contributed by atoms with Gasteiger partial charge in [-0.1, -0.05) is 29.8 Å². The Kier molecular flexibility index (Phi) is 5.30. The Morgan fingerprint density at radius 2 is 1.96 bits per heavy atom. The Morgan fingerprint density at radius 1 is 1.26 bits per heavy atom. The Morgan fingerprint density at radius 3 is 2.65 bits per heavy atom. The van der Waals surface area contributed by atoms with Crippen molar-refractivity contribution in [1.29, 1.82) is 0 Å². The second-order valence-corrected chi connectivity index (χ2v) is 6.74. The predicted octanol–water partition coefficient (Wildman–Crippen LogP) is 1.18. The summed E-state index contributed by atoms with van der Waals surface area (Å²) in [6.45, 7) is 8.42. The molecule has 0 saturated carbocycles. The van der Waals surface area contributed by atoms with Gasteiger partial charge in [0.05, 0.1) is 13.2 Å². The van der Waals surface area contributed by atoms with E-state index in [0.717, 1.165) is 57.9 Å². The van der Waals surface area contributed by atoms with Crippen LogP contribution in [-0.2, 0) is 9.53 Å².